The molecule has 34 heavy (non-hydrogen) atoms. The quantitative estimate of drug-likeness (QED) is 0.310. The smallest absolute Gasteiger partial charge is 0.223 e. The number of hydrogen-bond acceptors (Lipinski definition) is 8. The molecular formula is C24H23F2N7S. The molecule has 0 radical (unpaired) electrons. The minimum atomic E-state index is -0.506. The normalized spacial score (nSPS) is 13.9. The molecule has 1 aliphatic rings. The van der Waals surface area contributed by atoms with Gasteiger partial charge in [0.15, 0.2) is 5.82 Å². The van der Waals surface area contributed by atoms with Crippen molar-refractivity contribution in [1.29, 1.82) is 0 Å². The second kappa shape index (κ2) is 9.34. The molecule has 1 unspecified atom stereocenters. The monoisotopic (exact) mass is 479 g/mol. The molecule has 2 aromatic carbocycles. The summed E-state index contributed by atoms with van der Waals surface area (Å²) in [5.74, 6) is -0.496. The minimum absolute atomic E-state index is 0.220. The average molecular weight is 480 g/mol. The largest absolute Gasteiger partial charge is 0.352 e. The summed E-state index contributed by atoms with van der Waals surface area (Å²) in [5.41, 5.74) is 14.6. The van der Waals surface area contributed by atoms with E-state index in [0.717, 1.165) is 26.8 Å². The first-order valence-corrected chi connectivity index (χ1v) is 11.6. The lowest BCUT2D eigenvalue weighted by Crippen LogP contribution is -2.38. The molecular weight excluding hydrogens is 456 g/mol. The number of halogens is 2. The maximum Gasteiger partial charge on any atom is 0.223 e. The lowest BCUT2D eigenvalue weighted by molar-refractivity contribution is 0.281. The van der Waals surface area contributed by atoms with Gasteiger partial charge in [-0.15, -0.1) is 16.9 Å². The Morgan fingerprint density at radius 1 is 1.18 bits per heavy atom. The number of benzene rings is 2. The van der Waals surface area contributed by atoms with Gasteiger partial charge in [-0.2, -0.15) is 0 Å². The van der Waals surface area contributed by atoms with Gasteiger partial charge in [0, 0.05) is 29.7 Å². The fourth-order valence-corrected chi connectivity index (χ4v) is 5.06. The first-order valence-electron chi connectivity index (χ1n) is 10.8. The van der Waals surface area contributed by atoms with Crippen molar-refractivity contribution < 1.29 is 8.78 Å². The highest BCUT2D eigenvalue weighted by molar-refractivity contribution is 7.22. The molecule has 3 heterocycles. The first-order chi connectivity index (χ1) is 16.5. The molecule has 7 nitrogen and oxygen atoms in total. The number of anilines is 1. The Balaban J connectivity index is 1.49. The van der Waals surface area contributed by atoms with Gasteiger partial charge in [0.1, 0.15) is 11.5 Å². The Kier molecular flexibility index (Phi) is 6.10. The summed E-state index contributed by atoms with van der Waals surface area (Å²) in [6.45, 7) is 3.08. The van der Waals surface area contributed by atoms with Gasteiger partial charge < -0.3 is 16.5 Å². The summed E-state index contributed by atoms with van der Waals surface area (Å²) in [6.07, 6.45) is 4.82. The zero-order valence-corrected chi connectivity index (χ0v) is 19.2. The van der Waals surface area contributed by atoms with Crippen LogP contribution >= 0.6 is 11.3 Å². The van der Waals surface area contributed by atoms with Crippen molar-refractivity contribution in [3.05, 3.63) is 78.3 Å². The molecule has 1 atom stereocenters. The minimum Gasteiger partial charge on any atom is -0.352 e. The van der Waals surface area contributed by atoms with Crippen LogP contribution in [0.1, 0.15) is 18.5 Å². The zero-order chi connectivity index (χ0) is 23.7. The third-order valence-corrected chi connectivity index (χ3v) is 6.69. The van der Waals surface area contributed by atoms with E-state index in [2.05, 4.69) is 26.2 Å². The number of nitrogens with one attached hydrogen (secondary N) is 3. The summed E-state index contributed by atoms with van der Waals surface area (Å²) < 4.78 is 29.8. The molecule has 5 rings (SSSR count). The fourth-order valence-electron chi connectivity index (χ4n) is 3.88. The van der Waals surface area contributed by atoms with Gasteiger partial charge in [-0.3, -0.25) is 5.01 Å². The number of aromatic nitrogens is 2. The number of rotatable bonds is 7. The third-order valence-electron chi connectivity index (χ3n) is 5.50. The van der Waals surface area contributed by atoms with Crippen molar-refractivity contribution in [2.24, 2.45) is 5.73 Å². The van der Waals surface area contributed by atoms with Crippen molar-refractivity contribution in [2.75, 3.05) is 18.4 Å². The Labute approximate surface area is 199 Å². The molecule has 4 aromatic rings. The van der Waals surface area contributed by atoms with Crippen LogP contribution in [0.3, 0.4) is 0 Å². The Morgan fingerprint density at radius 3 is 2.85 bits per heavy atom. The standard InChI is InChI=1S/C24H23F2N7S/c1-14(27)17-6-5-16(25)12-19(17)18-4-2-3-15-11-21(34-23(15)18)22-20(26)13-29-24(31-22)28-7-9-33-10-8-30-32-33/h2-6,8,10-14,30,32H,7,9,27H2,1H3,(H,28,29,31). The lowest BCUT2D eigenvalue weighted by Gasteiger charge is -2.15. The van der Waals surface area contributed by atoms with E-state index in [9.17, 15) is 8.78 Å². The topological polar surface area (TPSA) is 91.1 Å². The Bertz CT molecular complexity index is 1370. The first kappa shape index (κ1) is 22.2. The maximum atomic E-state index is 14.8. The van der Waals surface area contributed by atoms with Gasteiger partial charge in [0.2, 0.25) is 5.95 Å². The molecule has 2 aromatic heterocycles. The molecule has 0 spiro atoms. The number of nitrogens with zero attached hydrogens (tertiary/aromatic N) is 3. The molecule has 1 aliphatic heterocycles. The Hall–Kier alpha value is -3.60. The number of fused-ring (bicyclic) bond motifs is 1. The molecule has 0 aliphatic carbocycles. The van der Waals surface area contributed by atoms with Crippen molar-refractivity contribution in [2.45, 2.75) is 13.0 Å². The van der Waals surface area contributed by atoms with E-state index in [1.807, 2.05) is 42.4 Å². The molecule has 174 valence electrons. The zero-order valence-electron chi connectivity index (χ0n) is 18.3. The second-order valence-corrected chi connectivity index (χ2v) is 8.99. The maximum absolute atomic E-state index is 14.8. The van der Waals surface area contributed by atoms with E-state index < -0.39 is 5.82 Å². The van der Waals surface area contributed by atoms with Crippen molar-refractivity contribution in [1.82, 2.24) is 25.9 Å². The number of hydrogen-bond donors (Lipinski definition) is 4. The third kappa shape index (κ3) is 4.43. The molecule has 0 saturated heterocycles. The predicted octanol–water partition coefficient (Wildman–Crippen LogP) is 4.53. The van der Waals surface area contributed by atoms with Gasteiger partial charge in [0.05, 0.1) is 17.6 Å². The summed E-state index contributed by atoms with van der Waals surface area (Å²) >= 11 is 1.41. The van der Waals surface area contributed by atoms with Gasteiger partial charge in [-0.1, -0.05) is 24.3 Å². The van der Waals surface area contributed by atoms with Gasteiger partial charge in [-0.25, -0.2) is 18.7 Å². The van der Waals surface area contributed by atoms with Gasteiger partial charge in [0.25, 0.3) is 0 Å². The number of hydrazine groups is 2. The SMILES string of the molecule is CC(N)c1ccc(F)cc1-c1cccc2cc(-c3nc(NCCN4C=CNN4)ncc3F)sc12. The van der Waals surface area contributed by atoms with Crippen LogP contribution < -0.4 is 22.0 Å². The fraction of sp³-hybridized carbons (Fsp3) is 0.167. The van der Waals surface area contributed by atoms with E-state index in [1.54, 1.807) is 12.3 Å². The van der Waals surface area contributed by atoms with Crippen LogP contribution in [0.15, 0.2) is 61.1 Å². The average Bonchev–Trinajstić information content (AvgIpc) is 3.49. The highest BCUT2D eigenvalue weighted by atomic mass is 32.1. The second-order valence-electron chi connectivity index (χ2n) is 7.94. The predicted molar refractivity (Wildman–Crippen MR) is 131 cm³/mol. The van der Waals surface area contributed by atoms with Crippen LogP contribution in [0.5, 0.6) is 0 Å². The van der Waals surface area contributed by atoms with Crippen molar-refractivity contribution in [3.63, 3.8) is 0 Å². The molecule has 10 heteroatoms. The van der Waals surface area contributed by atoms with E-state index in [1.165, 1.54) is 29.7 Å². The van der Waals surface area contributed by atoms with E-state index in [-0.39, 0.29) is 17.6 Å². The highest BCUT2D eigenvalue weighted by Crippen LogP contribution is 2.41. The van der Waals surface area contributed by atoms with Crippen LogP contribution in [-0.2, 0) is 0 Å². The van der Waals surface area contributed by atoms with E-state index in [0.29, 0.717) is 23.9 Å². The van der Waals surface area contributed by atoms with E-state index >= 15 is 0 Å². The summed E-state index contributed by atoms with van der Waals surface area (Å²) in [7, 11) is 0. The molecule has 0 saturated carbocycles. The van der Waals surface area contributed by atoms with Crippen LogP contribution in [-0.4, -0.2) is 28.1 Å². The van der Waals surface area contributed by atoms with Crippen LogP contribution in [0.4, 0.5) is 14.7 Å². The lowest BCUT2D eigenvalue weighted by atomic mass is 9.95. The van der Waals surface area contributed by atoms with Crippen LogP contribution in [0, 0.1) is 11.6 Å². The highest BCUT2D eigenvalue weighted by Gasteiger charge is 2.17. The number of nitrogens with two attached hydrogens (primary N) is 1. The van der Waals surface area contributed by atoms with Crippen LogP contribution in [0.25, 0.3) is 31.8 Å². The van der Waals surface area contributed by atoms with E-state index in [4.69, 9.17) is 5.73 Å². The number of thiophene rings is 1. The van der Waals surface area contributed by atoms with Crippen molar-refractivity contribution in [3.8, 4) is 21.7 Å². The van der Waals surface area contributed by atoms with Gasteiger partial charge >= 0.3 is 0 Å². The molecule has 5 N–H and O–H groups in total. The van der Waals surface area contributed by atoms with Crippen LogP contribution in [0.2, 0.25) is 0 Å². The summed E-state index contributed by atoms with van der Waals surface area (Å²) in [5, 5.41) is 5.90. The summed E-state index contributed by atoms with van der Waals surface area (Å²) in [4.78, 5) is 9.16. The Morgan fingerprint density at radius 2 is 2.06 bits per heavy atom. The van der Waals surface area contributed by atoms with Crippen molar-refractivity contribution >= 4 is 27.4 Å². The molecule has 0 amide bonds. The molecule has 0 bridgehead atoms. The van der Waals surface area contributed by atoms with Gasteiger partial charge in [-0.05, 0) is 47.2 Å². The molecule has 0 fully saturated rings. The summed E-state index contributed by atoms with van der Waals surface area (Å²) in [6, 6.07) is 12.1.